The molecule has 0 aromatic rings. The van der Waals surface area contributed by atoms with Gasteiger partial charge < -0.3 is 25.4 Å². The first-order valence-corrected chi connectivity index (χ1v) is 32.8. The summed E-state index contributed by atoms with van der Waals surface area (Å²) in [5, 5.41) is 33.4. The third-order valence-corrected chi connectivity index (χ3v) is 15.2. The number of allylic oxidation sites excluding steroid dienone is 4. The summed E-state index contributed by atoms with van der Waals surface area (Å²) in [4.78, 5) is 24.5. The number of hydrogen-bond donors (Lipinski definition) is 4. The first-order chi connectivity index (χ1) is 36.4. The predicted octanol–water partition coefficient (Wildman–Crippen LogP) is 19.7. The summed E-state index contributed by atoms with van der Waals surface area (Å²) in [6.07, 6.45) is 75.0. The SMILES string of the molecule is CCCCC/C=C\C/C=C\CCCCCCCC(=O)OCCCCCCCCCCCCCCCCCCCCCCCCCCCCC(=O)N[C@@H](CO)[C@H](O)/C=C/[C@H](O)CCCCCCCCCCCCCC. The Kier molecular flexibility index (Phi) is 60.2. The normalized spacial score (nSPS) is 13.2. The maximum absolute atomic E-state index is 12.5. The average Bonchev–Trinajstić information content (AvgIpc) is 3.40. The van der Waals surface area contributed by atoms with Crippen molar-refractivity contribution in [1.29, 1.82) is 0 Å². The Balaban J connectivity index is 3.42. The van der Waals surface area contributed by atoms with Gasteiger partial charge in [0.1, 0.15) is 0 Å². The fraction of sp³-hybridized carbons (Fsp3) is 0.881. The summed E-state index contributed by atoms with van der Waals surface area (Å²) in [5.74, 6) is -0.128. The first-order valence-electron chi connectivity index (χ1n) is 32.8. The Morgan fingerprint density at radius 1 is 0.405 bits per heavy atom. The van der Waals surface area contributed by atoms with E-state index in [1.54, 1.807) is 6.08 Å². The molecule has 0 unspecified atom stereocenters. The molecule has 0 spiro atoms. The van der Waals surface area contributed by atoms with Crippen molar-refractivity contribution in [2.24, 2.45) is 0 Å². The van der Waals surface area contributed by atoms with Crippen molar-refractivity contribution in [2.75, 3.05) is 13.2 Å². The molecular formula is C67H127NO6. The Morgan fingerprint density at radius 2 is 0.743 bits per heavy atom. The number of esters is 1. The van der Waals surface area contributed by atoms with Crippen LogP contribution in [0.2, 0.25) is 0 Å². The molecule has 0 aromatic heterocycles. The van der Waals surface area contributed by atoms with Gasteiger partial charge in [-0.05, 0) is 57.8 Å². The molecule has 0 saturated heterocycles. The number of nitrogens with one attached hydrogen (secondary N) is 1. The number of unbranched alkanes of at least 4 members (excludes halogenated alkanes) is 44. The van der Waals surface area contributed by atoms with Crippen molar-refractivity contribution in [3.63, 3.8) is 0 Å². The quantitative estimate of drug-likeness (QED) is 0.0274. The highest BCUT2D eigenvalue weighted by Gasteiger charge is 2.18. The Bertz CT molecular complexity index is 1220. The molecule has 0 aliphatic heterocycles. The molecule has 0 aliphatic carbocycles. The van der Waals surface area contributed by atoms with Gasteiger partial charge in [0.05, 0.1) is 31.5 Å². The van der Waals surface area contributed by atoms with Crippen LogP contribution in [0.25, 0.3) is 0 Å². The number of amides is 1. The second-order valence-electron chi connectivity index (χ2n) is 22.6. The van der Waals surface area contributed by atoms with Gasteiger partial charge in [-0.15, -0.1) is 0 Å². The molecule has 0 saturated carbocycles. The van der Waals surface area contributed by atoms with E-state index in [1.165, 1.54) is 263 Å². The van der Waals surface area contributed by atoms with Gasteiger partial charge in [0, 0.05) is 12.8 Å². The van der Waals surface area contributed by atoms with Gasteiger partial charge in [-0.25, -0.2) is 0 Å². The van der Waals surface area contributed by atoms with Crippen LogP contribution in [0.5, 0.6) is 0 Å². The van der Waals surface area contributed by atoms with Crippen molar-refractivity contribution < 1.29 is 29.6 Å². The molecule has 436 valence electrons. The van der Waals surface area contributed by atoms with Gasteiger partial charge in [-0.2, -0.15) is 0 Å². The summed E-state index contributed by atoms with van der Waals surface area (Å²) in [7, 11) is 0. The molecule has 74 heavy (non-hydrogen) atoms. The van der Waals surface area contributed by atoms with Crippen molar-refractivity contribution in [3.05, 3.63) is 36.5 Å². The zero-order chi connectivity index (χ0) is 53.7. The summed E-state index contributed by atoms with van der Waals surface area (Å²) in [5.41, 5.74) is 0. The van der Waals surface area contributed by atoms with Crippen LogP contribution >= 0.6 is 0 Å². The first kappa shape index (κ1) is 72.0. The number of carbonyl (C=O) groups excluding carboxylic acids is 2. The number of aliphatic hydroxyl groups is 3. The fourth-order valence-electron chi connectivity index (χ4n) is 10.2. The van der Waals surface area contributed by atoms with Gasteiger partial charge in [0.15, 0.2) is 0 Å². The van der Waals surface area contributed by atoms with Crippen molar-refractivity contribution in [1.82, 2.24) is 5.32 Å². The zero-order valence-corrected chi connectivity index (χ0v) is 49.4. The lowest BCUT2D eigenvalue weighted by atomic mass is 10.0. The van der Waals surface area contributed by atoms with E-state index in [9.17, 15) is 24.9 Å². The molecular weight excluding hydrogens is 915 g/mol. The van der Waals surface area contributed by atoms with Gasteiger partial charge in [-0.1, -0.05) is 314 Å². The number of ether oxygens (including phenoxy) is 1. The van der Waals surface area contributed by atoms with Crippen LogP contribution in [0.1, 0.15) is 348 Å². The molecule has 1 amide bonds. The van der Waals surface area contributed by atoms with Crippen molar-refractivity contribution >= 4 is 11.9 Å². The smallest absolute Gasteiger partial charge is 0.305 e. The minimum Gasteiger partial charge on any atom is -0.466 e. The minimum absolute atomic E-state index is 0.0000644. The number of hydrogen-bond acceptors (Lipinski definition) is 6. The maximum atomic E-state index is 12.5. The second kappa shape index (κ2) is 61.9. The van der Waals surface area contributed by atoms with Crippen molar-refractivity contribution in [2.45, 2.75) is 366 Å². The highest BCUT2D eigenvalue weighted by atomic mass is 16.5. The van der Waals surface area contributed by atoms with Crippen LogP contribution in [0.3, 0.4) is 0 Å². The number of carbonyl (C=O) groups is 2. The lowest BCUT2D eigenvalue weighted by Crippen LogP contribution is -2.45. The van der Waals surface area contributed by atoms with Crippen LogP contribution in [0, 0.1) is 0 Å². The van der Waals surface area contributed by atoms with Crippen LogP contribution in [-0.2, 0) is 14.3 Å². The number of aliphatic hydroxyl groups excluding tert-OH is 3. The molecule has 0 bridgehead atoms. The second-order valence-corrected chi connectivity index (χ2v) is 22.6. The van der Waals surface area contributed by atoms with Gasteiger partial charge in [-0.3, -0.25) is 9.59 Å². The van der Waals surface area contributed by atoms with E-state index in [1.807, 2.05) is 0 Å². The third kappa shape index (κ3) is 57.7. The van der Waals surface area contributed by atoms with E-state index in [0.29, 0.717) is 25.9 Å². The van der Waals surface area contributed by atoms with Crippen LogP contribution in [0.4, 0.5) is 0 Å². The Hall–Kier alpha value is -1.96. The summed E-state index contributed by atoms with van der Waals surface area (Å²) >= 11 is 0. The molecule has 0 fully saturated rings. The van der Waals surface area contributed by atoms with Crippen LogP contribution in [-0.4, -0.2) is 58.7 Å². The van der Waals surface area contributed by atoms with E-state index >= 15 is 0 Å². The van der Waals surface area contributed by atoms with Gasteiger partial charge >= 0.3 is 5.97 Å². The average molecular weight is 1040 g/mol. The number of rotatable bonds is 61. The fourth-order valence-corrected chi connectivity index (χ4v) is 10.2. The minimum atomic E-state index is -1.02. The molecule has 7 heteroatoms. The monoisotopic (exact) mass is 1040 g/mol. The lowest BCUT2D eigenvalue weighted by Gasteiger charge is -2.20. The topological polar surface area (TPSA) is 116 Å². The van der Waals surface area contributed by atoms with Crippen molar-refractivity contribution in [3.8, 4) is 0 Å². The summed E-state index contributed by atoms with van der Waals surface area (Å²) in [6.45, 7) is 4.78. The maximum Gasteiger partial charge on any atom is 0.305 e. The van der Waals surface area contributed by atoms with Crippen LogP contribution in [0.15, 0.2) is 36.5 Å². The third-order valence-electron chi connectivity index (χ3n) is 15.2. The van der Waals surface area contributed by atoms with Crippen LogP contribution < -0.4 is 5.32 Å². The molecule has 7 nitrogen and oxygen atoms in total. The molecule has 0 aliphatic rings. The molecule has 0 radical (unpaired) electrons. The summed E-state index contributed by atoms with van der Waals surface area (Å²) < 4.78 is 5.48. The van der Waals surface area contributed by atoms with E-state index in [0.717, 1.165) is 57.8 Å². The molecule has 4 N–H and O–H groups in total. The van der Waals surface area contributed by atoms with E-state index in [2.05, 4.69) is 43.5 Å². The van der Waals surface area contributed by atoms with E-state index in [4.69, 9.17) is 4.74 Å². The predicted molar refractivity (Wildman–Crippen MR) is 321 cm³/mol. The standard InChI is InChI=1S/C67H127NO6/c1-3-5-7-9-11-13-15-17-30-34-38-42-46-50-54-58-67(73)74-61-55-51-47-43-39-35-32-29-27-25-23-21-19-18-20-22-24-26-28-31-33-37-41-45-49-53-57-66(72)68-64(62-69)65(71)60-59-63(70)56-52-48-44-40-36-16-14-12-10-8-6-4-2/h11,13,17,30,59-60,63-65,69-71H,3-10,12,14-16,18-29,31-58,61-62H2,1-2H3,(H,68,72)/b13-11-,30-17-,60-59+/t63-,64+,65-/m1/s1. The highest BCUT2D eigenvalue weighted by molar-refractivity contribution is 5.76. The van der Waals surface area contributed by atoms with E-state index in [-0.39, 0.29) is 18.5 Å². The lowest BCUT2D eigenvalue weighted by molar-refractivity contribution is -0.143. The molecule has 3 atom stereocenters. The Morgan fingerprint density at radius 3 is 1.16 bits per heavy atom. The molecule has 0 heterocycles. The molecule has 0 aromatic carbocycles. The Labute approximate surface area is 460 Å². The zero-order valence-electron chi connectivity index (χ0n) is 49.4. The van der Waals surface area contributed by atoms with Gasteiger partial charge in [0.25, 0.3) is 0 Å². The molecule has 0 rings (SSSR count). The largest absolute Gasteiger partial charge is 0.466 e. The summed E-state index contributed by atoms with van der Waals surface area (Å²) in [6, 6.07) is -0.749. The van der Waals surface area contributed by atoms with E-state index < -0.39 is 18.2 Å². The van der Waals surface area contributed by atoms with Gasteiger partial charge in [0.2, 0.25) is 5.91 Å². The highest BCUT2D eigenvalue weighted by Crippen LogP contribution is 2.18.